The Hall–Kier alpha value is -3.32. The first-order valence-electron chi connectivity index (χ1n) is 11.0. The number of benzene rings is 1. The number of fused-ring (bicyclic) bond motifs is 3. The summed E-state index contributed by atoms with van der Waals surface area (Å²) in [6.07, 6.45) is 9.39. The van der Waals surface area contributed by atoms with Gasteiger partial charge in [0.2, 0.25) is 5.91 Å². The van der Waals surface area contributed by atoms with E-state index >= 15 is 0 Å². The van der Waals surface area contributed by atoms with Crippen molar-refractivity contribution < 1.29 is 4.79 Å². The molecule has 1 N–H and O–H groups in total. The van der Waals surface area contributed by atoms with Crippen molar-refractivity contribution in [3.05, 3.63) is 70.8 Å². The molecule has 0 radical (unpaired) electrons. The third kappa shape index (κ3) is 4.21. The van der Waals surface area contributed by atoms with Gasteiger partial charge in [-0.2, -0.15) is 0 Å². The predicted octanol–water partition coefficient (Wildman–Crippen LogP) is 4.68. The summed E-state index contributed by atoms with van der Waals surface area (Å²) in [4.78, 5) is 35.4. The van der Waals surface area contributed by atoms with Gasteiger partial charge in [0.1, 0.15) is 16.1 Å². The molecule has 6 nitrogen and oxygen atoms in total. The fraction of sp³-hybridized carbons (Fsp3) is 0.280. The molecule has 0 saturated heterocycles. The highest BCUT2D eigenvalue weighted by atomic mass is 32.1. The lowest BCUT2D eigenvalue weighted by molar-refractivity contribution is -0.121. The van der Waals surface area contributed by atoms with E-state index in [1.54, 1.807) is 0 Å². The van der Waals surface area contributed by atoms with Crippen molar-refractivity contribution in [2.75, 3.05) is 6.54 Å². The molecule has 4 aromatic rings. The Morgan fingerprint density at radius 1 is 1.12 bits per heavy atom. The number of hydrogen-bond donors (Lipinski definition) is 1. The highest BCUT2D eigenvalue weighted by Gasteiger charge is 2.15. The van der Waals surface area contributed by atoms with E-state index in [1.165, 1.54) is 40.6 Å². The predicted molar refractivity (Wildman–Crippen MR) is 129 cm³/mol. The first-order chi connectivity index (χ1) is 15.7. The van der Waals surface area contributed by atoms with Crippen molar-refractivity contribution in [1.29, 1.82) is 0 Å². The quantitative estimate of drug-likeness (QED) is 0.438. The van der Waals surface area contributed by atoms with Gasteiger partial charge in [-0.05, 0) is 44.2 Å². The molecule has 0 atom stereocenters. The lowest BCUT2D eigenvalue weighted by Crippen LogP contribution is -2.32. The van der Waals surface area contributed by atoms with Crippen LogP contribution in [0.4, 0.5) is 0 Å². The summed E-state index contributed by atoms with van der Waals surface area (Å²) < 4.78 is 1.91. The molecule has 0 fully saturated rings. The highest BCUT2D eigenvalue weighted by Crippen LogP contribution is 2.31. The second-order valence-corrected chi connectivity index (χ2v) is 9.08. The van der Waals surface area contributed by atoms with E-state index in [1.807, 2.05) is 42.5 Å². The maximum atomic E-state index is 13.0. The van der Waals surface area contributed by atoms with Crippen LogP contribution in [0.25, 0.3) is 31.7 Å². The van der Waals surface area contributed by atoms with Gasteiger partial charge in [0.05, 0.1) is 17.5 Å². The molecule has 1 aliphatic rings. The van der Waals surface area contributed by atoms with Gasteiger partial charge in [0.25, 0.3) is 5.56 Å². The molecule has 162 valence electrons. The summed E-state index contributed by atoms with van der Waals surface area (Å²) in [7, 11) is 0. The summed E-state index contributed by atoms with van der Waals surface area (Å²) in [6.45, 7) is 0.571. The van der Waals surface area contributed by atoms with Crippen LogP contribution in [0.5, 0.6) is 0 Å². The number of rotatable bonds is 6. The van der Waals surface area contributed by atoms with Crippen molar-refractivity contribution in [1.82, 2.24) is 19.9 Å². The molecule has 3 heterocycles. The van der Waals surface area contributed by atoms with E-state index in [0.29, 0.717) is 16.8 Å². The summed E-state index contributed by atoms with van der Waals surface area (Å²) in [6, 6.07) is 13.9. The van der Waals surface area contributed by atoms with E-state index < -0.39 is 0 Å². The Kier molecular flexibility index (Phi) is 5.81. The summed E-state index contributed by atoms with van der Waals surface area (Å²) in [5, 5.41) is 3.79. The molecular weight excluding hydrogens is 420 g/mol. The van der Waals surface area contributed by atoms with Gasteiger partial charge in [-0.25, -0.2) is 9.97 Å². The lowest BCUT2D eigenvalue weighted by atomic mass is 9.97. The number of pyridine rings is 1. The average Bonchev–Trinajstić information content (AvgIpc) is 3.21. The first kappa shape index (κ1) is 20.6. The topological polar surface area (TPSA) is 76.9 Å². The Morgan fingerprint density at radius 2 is 2.00 bits per heavy atom. The van der Waals surface area contributed by atoms with Crippen molar-refractivity contribution in [2.24, 2.45) is 0 Å². The van der Waals surface area contributed by atoms with Crippen molar-refractivity contribution in [3.63, 3.8) is 0 Å². The second-order valence-electron chi connectivity index (χ2n) is 8.08. The van der Waals surface area contributed by atoms with Gasteiger partial charge < -0.3 is 5.32 Å². The molecule has 0 aliphatic heterocycles. The smallest absolute Gasteiger partial charge is 0.271 e. The van der Waals surface area contributed by atoms with Crippen LogP contribution in [-0.2, 0) is 11.3 Å². The van der Waals surface area contributed by atoms with Crippen LogP contribution in [-0.4, -0.2) is 27.0 Å². The fourth-order valence-electron chi connectivity index (χ4n) is 4.14. The third-order valence-electron chi connectivity index (χ3n) is 5.85. The SMILES string of the molecule is O=C(Cn1cnc2c(sc3nc(-c4ccccc4)ccc32)c1=O)NCCC1=CCCCC1. The number of aromatic nitrogens is 3. The van der Waals surface area contributed by atoms with Crippen LogP contribution in [0.15, 0.2) is 65.2 Å². The number of thiophene rings is 1. The average molecular weight is 445 g/mol. The molecule has 3 aromatic heterocycles. The fourth-order valence-corrected chi connectivity index (χ4v) is 5.21. The zero-order valence-electron chi connectivity index (χ0n) is 17.7. The van der Waals surface area contributed by atoms with Gasteiger partial charge in [0.15, 0.2) is 0 Å². The highest BCUT2D eigenvalue weighted by molar-refractivity contribution is 7.25. The zero-order valence-corrected chi connectivity index (χ0v) is 18.5. The molecule has 0 spiro atoms. The number of nitrogens with one attached hydrogen (secondary N) is 1. The van der Waals surface area contributed by atoms with Crippen LogP contribution in [0.2, 0.25) is 0 Å². The van der Waals surface area contributed by atoms with Gasteiger partial charge in [-0.3, -0.25) is 14.2 Å². The van der Waals surface area contributed by atoms with Crippen molar-refractivity contribution in [2.45, 2.75) is 38.6 Å². The zero-order chi connectivity index (χ0) is 21.9. The monoisotopic (exact) mass is 444 g/mol. The molecule has 7 heteroatoms. The minimum Gasteiger partial charge on any atom is -0.354 e. The van der Waals surface area contributed by atoms with Gasteiger partial charge in [0, 0.05) is 17.5 Å². The van der Waals surface area contributed by atoms with Crippen LogP contribution in [0.1, 0.15) is 32.1 Å². The maximum Gasteiger partial charge on any atom is 0.271 e. The molecule has 32 heavy (non-hydrogen) atoms. The third-order valence-corrected chi connectivity index (χ3v) is 6.92. The number of allylic oxidation sites excluding steroid dienone is 1. The summed E-state index contributed by atoms with van der Waals surface area (Å²) in [5.74, 6) is -0.171. The molecule has 1 aromatic carbocycles. The number of carbonyl (C=O) groups excluding carboxylic acids is 1. The molecule has 1 amide bonds. The van der Waals surface area contributed by atoms with E-state index in [2.05, 4.69) is 16.4 Å². The molecule has 0 unspecified atom stereocenters. The maximum absolute atomic E-state index is 13.0. The van der Waals surface area contributed by atoms with Crippen molar-refractivity contribution >= 4 is 37.7 Å². The Labute approximate surface area is 189 Å². The normalized spacial score (nSPS) is 13.9. The minimum absolute atomic E-state index is 0.0300. The molecular formula is C25H24N4O2S. The number of hydrogen-bond acceptors (Lipinski definition) is 5. The van der Waals surface area contributed by atoms with E-state index in [-0.39, 0.29) is 18.0 Å². The lowest BCUT2D eigenvalue weighted by Gasteiger charge is -2.13. The van der Waals surface area contributed by atoms with Crippen LogP contribution < -0.4 is 10.9 Å². The number of nitrogens with zero attached hydrogens (tertiary/aromatic N) is 3. The Bertz CT molecular complexity index is 1370. The van der Waals surface area contributed by atoms with E-state index in [0.717, 1.165) is 40.7 Å². The summed E-state index contributed by atoms with van der Waals surface area (Å²) in [5.41, 5.74) is 3.74. The molecule has 1 aliphatic carbocycles. The van der Waals surface area contributed by atoms with Gasteiger partial charge in [-0.1, -0.05) is 42.0 Å². The first-order valence-corrected chi connectivity index (χ1v) is 11.8. The number of amides is 1. The molecule has 0 bridgehead atoms. The Morgan fingerprint density at radius 3 is 2.81 bits per heavy atom. The van der Waals surface area contributed by atoms with E-state index in [9.17, 15) is 9.59 Å². The van der Waals surface area contributed by atoms with Crippen LogP contribution in [0, 0.1) is 0 Å². The largest absolute Gasteiger partial charge is 0.354 e. The van der Waals surface area contributed by atoms with Crippen LogP contribution in [0.3, 0.4) is 0 Å². The minimum atomic E-state index is -0.204. The van der Waals surface area contributed by atoms with Gasteiger partial charge >= 0.3 is 0 Å². The standard InChI is InChI=1S/C25H24N4O2S/c30-21(26-14-13-17-7-3-1-4-8-17)15-29-16-27-22-19-11-12-20(18-9-5-2-6-10-18)28-24(19)32-23(22)25(29)31/h2,5-7,9-12,16H,1,3-4,8,13-15H2,(H,26,30). The molecule has 0 saturated carbocycles. The molecule has 5 rings (SSSR count). The van der Waals surface area contributed by atoms with E-state index in [4.69, 9.17) is 4.98 Å². The summed E-state index contributed by atoms with van der Waals surface area (Å²) >= 11 is 1.33. The van der Waals surface area contributed by atoms with Crippen molar-refractivity contribution in [3.8, 4) is 11.3 Å². The Balaban J connectivity index is 1.34. The van der Waals surface area contributed by atoms with Gasteiger partial charge in [-0.15, -0.1) is 11.3 Å². The second kappa shape index (κ2) is 9.04. The number of carbonyl (C=O) groups is 1. The van der Waals surface area contributed by atoms with Crippen LogP contribution >= 0.6 is 11.3 Å².